The highest BCUT2D eigenvalue weighted by atomic mass is 16.6. The minimum Gasteiger partial charge on any atom is -0.507 e. The number of rotatable bonds is 10. The van der Waals surface area contributed by atoms with Crippen LogP contribution in [0.25, 0.3) is 0 Å². The van der Waals surface area contributed by atoms with Gasteiger partial charge in [0.25, 0.3) is 0 Å². The smallest absolute Gasteiger partial charge is 0.408 e. The molecule has 3 amide bonds. The monoisotopic (exact) mass is 449 g/mol. The Kier molecular flexibility index (Phi) is 10.5. The van der Waals surface area contributed by atoms with Gasteiger partial charge in [-0.25, -0.2) is 4.79 Å². The number of phenols is 1. The van der Waals surface area contributed by atoms with Crippen molar-refractivity contribution in [2.75, 3.05) is 13.1 Å². The predicted octanol–water partition coefficient (Wildman–Crippen LogP) is 3.81. The van der Waals surface area contributed by atoms with E-state index in [1.54, 1.807) is 59.7 Å². The molecule has 1 rings (SSSR count). The van der Waals surface area contributed by atoms with Gasteiger partial charge in [0.15, 0.2) is 0 Å². The first-order valence-electron chi connectivity index (χ1n) is 11.3. The number of para-hydroxylation sites is 1. The number of amides is 3. The number of hydrogen-bond donors (Lipinski definition) is 3. The number of aromatic hydroxyl groups is 1. The van der Waals surface area contributed by atoms with Gasteiger partial charge in [0.2, 0.25) is 11.8 Å². The van der Waals surface area contributed by atoms with Gasteiger partial charge >= 0.3 is 6.09 Å². The van der Waals surface area contributed by atoms with Crippen LogP contribution in [0.2, 0.25) is 0 Å². The first-order chi connectivity index (χ1) is 14.9. The summed E-state index contributed by atoms with van der Waals surface area (Å²) in [5, 5.41) is 16.1. The summed E-state index contributed by atoms with van der Waals surface area (Å²) < 4.78 is 5.24. The number of likely N-dealkylation sites (N-methyl/N-ethyl adjacent to an activating group) is 1. The second-order valence-corrected chi connectivity index (χ2v) is 8.91. The minimum absolute atomic E-state index is 0.0276. The van der Waals surface area contributed by atoms with E-state index in [-0.39, 0.29) is 18.2 Å². The van der Waals surface area contributed by atoms with Crippen LogP contribution >= 0.6 is 0 Å². The number of ether oxygens (including phenoxy) is 1. The van der Waals surface area contributed by atoms with E-state index in [0.717, 1.165) is 19.3 Å². The molecule has 2 atom stereocenters. The fourth-order valence-corrected chi connectivity index (χ4v) is 3.30. The Bertz CT molecular complexity index is 788. The first-order valence-corrected chi connectivity index (χ1v) is 11.3. The summed E-state index contributed by atoms with van der Waals surface area (Å²) in [5.74, 6) is -0.852. The predicted molar refractivity (Wildman–Crippen MR) is 124 cm³/mol. The van der Waals surface area contributed by atoms with E-state index in [4.69, 9.17) is 4.74 Å². The Morgan fingerprint density at radius 1 is 1.16 bits per heavy atom. The van der Waals surface area contributed by atoms with Crippen molar-refractivity contribution in [3.63, 3.8) is 0 Å². The molecule has 2 unspecified atom stereocenters. The highest BCUT2D eigenvalue weighted by Crippen LogP contribution is 2.32. The van der Waals surface area contributed by atoms with Gasteiger partial charge in [-0.1, -0.05) is 38.0 Å². The summed E-state index contributed by atoms with van der Waals surface area (Å²) in [5.41, 5.74) is 0.248. The number of alkyl carbamates (subject to hydrolysis) is 1. The molecule has 0 saturated heterocycles. The van der Waals surface area contributed by atoms with E-state index >= 15 is 0 Å². The highest BCUT2D eigenvalue weighted by Gasteiger charge is 2.35. The Hall–Kier alpha value is -2.77. The number of aryl methyl sites for hydroxylation is 1. The van der Waals surface area contributed by atoms with Crippen molar-refractivity contribution in [1.29, 1.82) is 0 Å². The topological polar surface area (TPSA) is 108 Å². The van der Waals surface area contributed by atoms with Crippen LogP contribution in [0.4, 0.5) is 4.79 Å². The third-order valence-corrected chi connectivity index (χ3v) is 4.93. The molecule has 8 heteroatoms. The Morgan fingerprint density at radius 3 is 2.38 bits per heavy atom. The molecule has 32 heavy (non-hydrogen) atoms. The standard InChI is InChI=1S/C24H39N3O5/c1-8-10-11-15-25-21(29)19(18-14-12-13-16(3)20(18)28)27(9-2)22(30)17(4)26-23(31)32-24(5,6)7/h12-14,17,19,28H,8-11,15H2,1-7H3,(H,25,29)(H,26,31). The van der Waals surface area contributed by atoms with Gasteiger partial charge in [-0.3, -0.25) is 9.59 Å². The van der Waals surface area contributed by atoms with Crippen LogP contribution in [0.1, 0.15) is 78.0 Å². The molecule has 3 N–H and O–H groups in total. The lowest BCUT2D eigenvalue weighted by Crippen LogP contribution is -2.52. The number of benzene rings is 1. The molecule has 0 aliphatic rings. The third kappa shape index (κ3) is 8.05. The third-order valence-electron chi connectivity index (χ3n) is 4.93. The van der Waals surface area contributed by atoms with Gasteiger partial charge in [0.1, 0.15) is 23.4 Å². The summed E-state index contributed by atoms with van der Waals surface area (Å²) in [7, 11) is 0. The SMILES string of the molecule is CCCCCNC(=O)C(c1cccc(C)c1O)N(CC)C(=O)C(C)NC(=O)OC(C)(C)C. The Balaban J connectivity index is 3.18. The molecule has 0 bridgehead atoms. The molecule has 0 heterocycles. The fraction of sp³-hybridized carbons (Fsp3) is 0.625. The van der Waals surface area contributed by atoms with Crippen molar-refractivity contribution >= 4 is 17.9 Å². The Morgan fingerprint density at radius 2 is 1.81 bits per heavy atom. The molecular formula is C24H39N3O5. The van der Waals surface area contributed by atoms with Crippen molar-refractivity contribution in [1.82, 2.24) is 15.5 Å². The van der Waals surface area contributed by atoms with E-state index in [9.17, 15) is 19.5 Å². The number of phenolic OH excluding ortho intramolecular Hbond substituents is 1. The van der Waals surface area contributed by atoms with E-state index in [2.05, 4.69) is 17.6 Å². The van der Waals surface area contributed by atoms with Gasteiger partial charge in [0, 0.05) is 18.7 Å². The van der Waals surface area contributed by atoms with Crippen LogP contribution in [0.15, 0.2) is 18.2 Å². The quantitative estimate of drug-likeness (QED) is 0.471. The van der Waals surface area contributed by atoms with E-state index in [1.165, 1.54) is 4.90 Å². The van der Waals surface area contributed by atoms with Gasteiger partial charge in [-0.2, -0.15) is 0 Å². The molecule has 0 radical (unpaired) electrons. The van der Waals surface area contributed by atoms with Crippen LogP contribution in [0.5, 0.6) is 5.75 Å². The summed E-state index contributed by atoms with van der Waals surface area (Å²) in [4.78, 5) is 39.9. The average molecular weight is 450 g/mol. The maximum absolute atomic E-state index is 13.3. The second kappa shape index (κ2) is 12.3. The Labute approximate surface area is 191 Å². The zero-order valence-electron chi connectivity index (χ0n) is 20.4. The van der Waals surface area contributed by atoms with Crippen LogP contribution in [-0.2, 0) is 14.3 Å². The molecule has 0 spiro atoms. The number of nitrogens with one attached hydrogen (secondary N) is 2. The van der Waals surface area contributed by atoms with E-state index in [0.29, 0.717) is 17.7 Å². The van der Waals surface area contributed by atoms with Crippen LogP contribution in [-0.4, -0.2) is 52.6 Å². The molecule has 1 aromatic rings. The average Bonchev–Trinajstić information content (AvgIpc) is 2.69. The second-order valence-electron chi connectivity index (χ2n) is 8.91. The zero-order chi connectivity index (χ0) is 24.5. The van der Waals surface area contributed by atoms with Gasteiger partial charge < -0.3 is 25.4 Å². The number of hydrogen-bond acceptors (Lipinski definition) is 5. The van der Waals surface area contributed by atoms with Gasteiger partial charge in [-0.15, -0.1) is 0 Å². The molecule has 0 fully saturated rings. The highest BCUT2D eigenvalue weighted by molar-refractivity contribution is 5.92. The molecule has 0 aromatic heterocycles. The maximum atomic E-state index is 13.3. The summed E-state index contributed by atoms with van der Waals surface area (Å²) >= 11 is 0. The minimum atomic E-state index is -1.03. The van der Waals surface area contributed by atoms with Gasteiger partial charge in [-0.05, 0) is 53.5 Å². The van der Waals surface area contributed by atoms with Crippen molar-refractivity contribution in [3.05, 3.63) is 29.3 Å². The lowest BCUT2D eigenvalue weighted by molar-refractivity contribution is -0.142. The molecule has 180 valence electrons. The lowest BCUT2D eigenvalue weighted by Gasteiger charge is -2.33. The summed E-state index contributed by atoms with van der Waals surface area (Å²) in [6.45, 7) is 13.0. The molecule has 8 nitrogen and oxygen atoms in total. The number of unbranched alkanes of at least 4 members (excludes halogenated alkanes) is 2. The normalized spacial score (nSPS) is 13.1. The largest absolute Gasteiger partial charge is 0.507 e. The first kappa shape index (κ1) is 27.3. The lowest BCUT2D eigenvalue weighted by atomic mass is 9.99. The van der Waals surface area contributed by atoms with Gasteiger partial charge in [0.05, 0.1) is 0 Å². The molecule has 1 aromatic carbocycles. The van der Waals surface area contributed by atoms with Crippen LogP contribution < -0.4 is 10.6 Å². The van der Waals surface area contributed by atoms with Crippen molar-refractivity contribution in [2.24, 2.45) is 0 Å². The molecular weight excluding hydrogens is 410 g/mol. The summed E-state index contributed by atoms with van der Waals surface area (Å²) in [6, 6.07) is 3.16. The molecule has 0 aliphatic carbocycles. The van der Waals surface area contributed by atoms with E-state index < -0.39 is 29.7 Å². The fourth-order valence-electron chi connectivity index (χ4n) is 3.30. The maximum Gasteiger partial charge on any atom is 0.408 e. The summed E-state index contributed by atoms with van der Waals surface area (Å²) in [6.07, 6.45) is 2.11. The zero-order valence-corrected chi connectivity index (χ0v) is 20.4. The van der Waals surface area contributed by atoms with Crippen molar-refractivity contribution in [3.8, 4) is 5.75 Å². The number of carbonyl (C=O) groups is 3. The molecule has 0 aliphatic heterocycles. The van der Waals surface area contributed by atoms with Crippen molar-refractivity contribution in [2.45, 2.75) is 85.4 Å². The van der Waals surface area contributed by atoms with Crippen molar-refractivity contribution < 1.29 is 24.2 Å². The van der Waals surface area contributed by atoms with Crippen LogP contribution in [0, 0.1) is 6.92 Å². The van der Waals surface area contributed by atoms with E-state index in [1.807, 2.05) is 0 Å². The van der Waals surface area contributed by atoms with Crippen LogP contribution in [0.3, 0.4) is 0 Å². The number of nitrogens with zero attached hydrogens (tertiary/aromatic N) is 1. The number of carbonyl (C=O) groups excluding carboxylic acids is 3. The molecule has 0 saturated carbocycles.